The monoisotopic (exact) mass is 435 g/mol. The molecule has 2 aromatic carbocycles. The van der Waals surface area contributed by atoms with E-state index in [0.717, 1.165) is 36.1 Å². The highest BCUT2D eigenvalue weighted by Crippen LogP contribution is 2.24. The van der Waals surface area contributed by atoms with Crippen molar-refractivity contribution in [2.24, 2.45) is 5.92 Å². The molecule has 0 bridgehead atoms. The van der Waals surface area contributed by atoms with Gasteiger partial charge in [-0.3, -0.25) is 4.79 Å². The molecule has 164 valence electrons. The molecule has 0 aliphatic rings. The first kappa shape index (κ1) is 24.0. The molecular formula is C23H30FNO4S. The van der Waals surface area contributed by atoms with E-state index in [0.29, 0.717) is 25.2 Å². The van der Waals surface area contributed by atoms with Crippen LogP contribution in [0.1, 0.15) is 63.1 Å². The van der Waals surface area contributed by atoms with Crippen LogP contribution in [0.3, 0.4) is 0 Å². The van der Waals surface area contributed by atoms with E-state index in [1.807, 2.05) is 24.3 Å². The van der Waals surface area contributed by atoms with Crippen LogP contribution in [-0.2, 0) is 21.2 Å². The number of nitrogens with one attached hydrogen (secondary N) is 1. The highest BCUT2D eigenvalue weighted by Gasteiger charge is 2.21. The highest BCUT2D eigenvalue weighted by atomic mass is 32.2. The Morgan fingerprint density at radius 3 is 2.20 bits per heavy atom. The summed E-state index contributed by atoms with van der Waals surface area (Å²) in [6, 6.07) is 12.0. The molecule has 2 aromatic rings. The van der Waals surface area contributed by atoms with Crippen molar-refractivity contribution in [3.63, 3.8) is 0 Å². The van der Waals surface area contributed by atoms with Gasteiger partial charge < -0.3 is 5.11 Å². The van der Waals surface area contributed by atoms with Gasteiger partial charge in [-0.15, -0.1) is 0 Å². The number of sulfonamides is 1. The zero-order chi connectivity index (χ0) is 22.1. The van der Waals surface area contributed by atoms with E-state index in [1.165, 1.54) is 12.1 Å². The van der Waals surface area contributed by atoms with Crippen molar-refractivity contribution < 1.29 is 22.7 Å². The van der Waals surface area contributed by atoms with Crippen molar-refractivity contribution in [2.75, 3.05) is 0 Å². The molecule has 2 rings (SSSR count). The third kappa shape index (κ3) is 7.88. The molecule has 7 heteroatoms. The summed E-state index contributed by atoms with van der Waals surface area (Å²) >= 11 is 0. The van der Waals surface area contributed by atoms with Crippen LogP contribution in [0.4, 0.5) is 4.39 Å². The Bertz CT molecular complexity index is 909. The number of carbonyl (C=O) groups is 1. The summed E-state index contributed by atoms with van der Waals surface area (Å²) in [5.41, 5.74) is 1.87. The molecule has 1 atom stereocenters. The van der Waals surface area contributed by atoms with Crippen LogP contribution in [0.25, 0.3) is 0 Å². The molecule has 0 aromatic heterocycles. The summed E-state index contributed by atoms with van der Waals surface area (Å²) in [5.74, 6) is -0.774. The lowest BCUT2D eigenvalue weighted by Gasteiger charge is -2.20. The number of hydrogen-bond donors (Lipinski definition) is 2. The Kier molecular flexibility index (Phi) is 8.99. The third-order valence-corrected chi connectivity index (χ3v) is 6.42. The van der Waals surface area contributed by atoms with Gasteiger partial charge in [0.15, 0.2) is 0 Å². The number of rotatable bonds is 12. The summed E-state index contributed by atoms with van der Waals surface area (Å²) in [7, 11) is -3.79. The van der Waals surface area contributed by atoms with Crippen molar-refractivity contribution in [2.45, 2.75) is 63.3 Å². The average molecular weight is 436 g/mol. The van der Waals surface area contributed by atoms with E-state index in [4.69, 9.17) is 5.11 Å². The summed E-state index contributed by atoms with van der Waals surface area (Å²) < 4.78 is 41.6. The lowest BCUT2D eigenvalue weighted by atomic mass is 9.97. The smallest absolute Gasteiger partial charge is 0.303 e. The van der Waals surface area contributed by atoms with E-state index < -0.39 is 27.9 Å². The van der Waals surface area contributed by atoms with Gasteiger partial charge in [0.05, 0.1) is 4.90 Å². The molecule has 5 nitrogen and oxygen atoms in total. The first-order chi connectivity index (χ1) is 14.2. The van der Waals surface area contributed by atoms with Crippen LogP contribution in [0.15, 0.2) is 53.4 Å². The molecule has 30 heavy (non-hydrogen) atoms. The van der Waals surface area contributed by atoms with Crippen molar-refractivity contribution in [1.29, 1.82) is 0 Å². The zero-order valence-corrected chi connectivity index (χ0v) is 18.3. The van der Waals surface area contributed by atoms with Crippen LogP contribution in [0.5, 0.6) is 0 Å². The largest absolute Gasteiger partial charge is 0.481 e. The van der Waals surface area contributed by atoms with Crippen molar-refractivity contribution >= 4 is 16.0 Å². The minimum Gasteiger partial charge on any atom is -0.481 e. The average Bonchev–Trinajstić information content (AvgIpc) is 2.67. The molecule has 2 N–H and O–H groups in total. The summed E-state index contributed by atoms with van der Waals surface area (Å²) in [5, 5.41) is 8.76. The fourth-order valence-electron chi connectivity index (χ4n) is 3.25. The number of carboxylic acid groups (broad SMARTS) is 1. The van der Waals surface area contributed by atoms with E-state index in [1.54, 1.807) is 0 Å². The Hall–Kier alpha value is -2.25. The molecule has 0 radical (unpaired) electrons. The number of benzene rings is 2. The molecular weight excluding hydrogens is 405 g/mol. The van der Waals surface area contributed by atoms with Gasteiger partial charge in [0, 0.05) is 12.5 Å². The van der Waals surface area contributed by atoms with Crippen LogP contribution < -0.4 is 4.72 Å². The van der Waals surface area contributed by atoms with E-state index in [-0.39, 0.29) is 11.3 Å². The van der Waals surface area contributed by atoms with Crippen molar-refractivity contribution in [3.8, 4) is 0 Å². The van der Waals surface area contributed by atoms with Crippen LogP contribution in [0, 0.1) is 11.7 Å². The Labute approximate surface area is 178 Å². The van der Waals surface area contributed by atoms with Gasteiger partial charge in [-0.05, 0) is 60.6 Å². The molecule has 0 amide bonds. The fourth-order valence-corrected chi connectivity index (χ4v) is 4.51. The Morgan fingerprint density at radius 1 is 1.00 bits per heavy atom. The van der Waals surface area contributed by atoms with Gasteiger partial charge in [0.25, 0.3) is 0 Å². The first-order valence-corrected chi connectivity index (χ1v) is 11.7. The maximum atomic E-state index is 13.2. The molecule has 0 fully saturated rings. The number of hydrogen-bond acceptors (Lipinski definition) is 3. The van der Waals surface area contributed by atoms with Gasteiger partial charge >= 0.3 is 5.97 Å². The second-order valence-electron chi connectivity index (χ2n) is 7.94. The minimum atomic E-state index is -3.79. The molecule has 0 heterocycles. The molecule has 0 aliphatic carbocycles. The second-order valence-corrected chi connectivity index (χ2v) is 9.66. The van der Waals surface area contributed by atoms with Crippen molar-refractivity contribution in [3.05, 3.63) is 65.5 Å². The predicted molar refractivity (Wildman–Crippen MR) is 115 cm³/mol. The quantitative estimate of drug-likeness (QED) is 0.487. The number of halogens is 1. The summed E-state index contributed by atoms with van der Waals surface area (Å²) in [6.45, 7) is 4.26. The van der Waals surface area contributed by atoms with Gasteiger partial charge in [-0.1, -0.05) is 51.0 Å². The van der Waals surface area contributed by atoms with Crippen molar-refractivity contribution in [1.82, 2.24) is 4.72 Å². The molecule has 1 unspecified atom stereocenters. The summed E-state index contributed by atoms with van der Waals surface area (Å²) in [6.07, 6.45) is 3.85. The number of aliphatic carboxylic acids is 1. The van der Waals surface area contributed by atoms with Gasteiger partial charge in [0.1, 0.15) is 5.82 Å². The lowest BCUT2D eigenvalue weighted by Crippen LogP contribution is -2.29. The lowest BCUT2D eigenvalue weighted by molar-refractivity contribution is -0.137. The SMILES string of the molecule is CC(C)CCCC(NS(=O)(=O)c1ccc(F)cc1)c1ccc(CCCC(=O)O)cc1. The third-order valence-electron chi connectivity index (χ3n) is 4.93. The van der Waals surface area contributed by atoms with E-state index in [9.17, 15) is 17.6 Å². The second kappa shape index (κ2) is 11.2. The normalized spacial score (nSPS) is 12.8. The minimum absolute atomic E-state index is 0.0306. The highest BCUT2D eigenvalue weighted by molar-refractivity contribution is 7.89. The molecule has 0 saturated heterocycles. The molecule has 0 spiro atoms. The maximum Gasteiger partial charge on any atom is 0.303 e. The van der Waals surface area contributed by atoms with Crippen LogP contribution >= 0.6 is 0 Å². The molecule has 0 aliphatic heterocycles. The van der Waals surface area contributed by atoms with Crippen LogP contribution in [-0.4, -0.2) is 19.5 Å². The number of aryl methyl sites for hydroxylation is 1. The maximum absolute atomic E-state index is 13.2. The Balaban J connectivity index is 2.15. The predicted octanol–water partition coefficient (Wildman–Crippen LogP) is 5.08. The number of carboxylic acids is 1. The fraction of sp³-hybridized carbons (Fsp3) is 0.435. The first-order valence-electron chi connectivity index (χ1n) is 10.3. The topological polar surface area (TPSA) is 83.5 Å². The van der Waals surface area contributed by atoms with E-state index >= 15 is 0 Å². The van der Waals surface area contributed by atoms with Gasteiger partial charge in [-0.25, -0.2) is 17.5 Å². The van der Waals surface area contributed by atoms with E-state index in [2.05, 4.69) is 18.6 Å². The Morgan fingerprint density at radius 2 is 1.63 bits per heavy atom. The van der Waals surface area contributed by atoms with Crippen LogP contribution in [0.2, 0.25) is 0 Å². The van der Waals surface area contributed by atoms with Gasteiger partial charge in [-0.2, -0.15) is 0 Å². The summed E-state index contributed by atoms with van der Waals surface area (Å²) in [4.78, 5) is 10.7. The standard InChI is InChI=1S/C23H30FNO4S/c1-17(2)5-3-7-22(25-30(28,29)21-15-13-20(24)14-16-21)19-11-9-18(10-12-19)6-4-8-23(26)27/h9-17,22,25H,3-8H2,1-2H3,(H,26,27). The zero-order valence-electron chi connectivity index (χ0n) is 17.5. The van der Waals surface area contributed by atoms with Gasteiger partial charge in [0.2, 0.25) is 10.0 Å². The molecule has 0 saturated carbocycles.